The van der Waals surface area contributed by atoms with Crippen LogP contribution >= 0.6 is 18.9 Å². The van der Waals surface area contributed by atoms with E-state index in [1.165, 1.54) is 0 Å². The molecular formula is C11H18NOPS. The van der Waals surface area contributed by atoms with Crippen molar-refractivity contribution < 1.29 is 4.57 Å². The summed E-state index contributed by atoms with van der Waals surface area (Å²) in [5, 5.41) is 0. The van der Waals surface area contributed by atoms with Gasteiger partial charge in [-0.05, 0) is 36.6 Å². The maximum atomic E-state index is 12.1. The lowest BCUT2D eigenvalue weighted by molar-refractivity contribution is 0.579. The molecule has 0 aliphatic carbocycles. The molecule has 1 aromatic rings. The average Bonchev–Trinajstić information content (AvgIpc) is 2.28. The molecule has 2 nitrogen and oxygen atoms in total. The minimum Gasteiger partial charge on any atom is -0.399 e. The van der Waals surface area contributed by atoms with Crippen LogP contribution < -0.4 is 5.73 Å². The fourth-order valence-electron chi connectivity index (χ4n) is 1.16. The average molecular weight is 243 g/mol. The molecule has 0 amide bonds. The monoisotopic (exact) mass is 243 g/mol. The van der Waals surface area contributed by atoms with Crippen LogP contribution in [0.3, 0.4) is 0 Å². The summed E-state index contributed by atoms with van der Waals surface area (Å²) in [6.07, 6.45) is 1.59. The lowest BCUT2D eigenvalue weighted by atomic mass is 10.3. The first-order valence-electron chi connectivity index (χ1n) is 5.15. The van der Waals surface area contributed by atoms with E-state index in [0.717, 1.165) is 28.4 Å². The second kappa shape index (κ2) is 5.62. The van der Waals surface area contributed by atoms with Crippen molar-refractivity contribution in [2.24, 2.45) is 0 Å². The van der Waals surface area contributed by atoms with Crippen molar-refractivity contribution in [2.45, 2.75) is 18.7 Å². The smallest absolute Gasteiger partial charge is 0.0969 e. The second-order valence-electron chi connectivity index (χ2n) is 3.53. The van der Waals surface area contributed by atoms with E-state index in [1.54, 1.807) is 11.8 Å². The van der Waals surface area contributed by atoms with Crippen LogP contribution in [0.25, 0.3) is 0 Å². The molecule has 1 rings (SSSR count). The molecule has 15 heavy (non-hydrogen) atoms. The molecular weight excluding hydrogens is 225 g/mol. The summed E-state index contributed by atoms with van der Waals surface area (Å²) in [6, 6.07) is 7.72. The lowest BCUT2D eigenvalue weighted by Crippen LogP contribution is -1.92. The zero-order chi connectivity index (χ0) is 11.3. The van der Waals surface area contributed by atoms with E-state index in [-0.39, 0.29) is 0 Å². The van der Waals surface area contributed by atoms with Gasteiger partial charge in [-0.1, -0.05) is 13.8 Å². The normalized spacial score (nSPS) is 11.6. The van der Waals surface area contributed by atoms with Crippen LogP contribution in [0.15, 0.2) is 29.2 Å². The molecule has 0 saturated carbocycles. The van der Waals surface area contributed by atoms with Gasteiger partial charge in [0, 0.05) is 10.6 Å². The number of nitrogens with two attached hydrogens (primary N) is 1. The van der Waals surface area contributed by atoms with Gasteiger partial charge in [0.15, 0.2) is 0 Å². The van der Waals surface area contributed by atoms with Crippen LogP contribution in [0, 0.1) is 0 Å². The van der Waals surface area contributed by atoms with E-state index < -0.39 is 7.14 Å². The number of anilines is 1. The molecule has 0 saturated heterocycles. The van der Waals surface area contributed by atoms with Crippen LogP contribution in [-0.2, 0) is 4.57 Å². The highest BCUT2D eigenvalue weighted by Gasteiger charge is 2.16. The zero-order valence-corrected chi connectivity index (χ0v) is 11.0. The summed E-state index contributed by atoms with van der Waals surface area (Å²) in [4.78, 5) is 1.14. The highest BCUT2D eigenvalue weighted by atomic mass is 32.2. The minimum atomic E-state index is -1.93. The summed E-state index contributed by atoms with van der Waals surface area (Å²) < 4.78 is 12.1. The molecule has 0 aliphatic heterocycles. The first kappa shape index (κ1) is 12.7. The van der Waals surface area contributed by atoms with Crippen molar-refractivity contribution in [3.63, 3.8) is 0 Å². The largest absolute Gasteiger partial charge is 0.399 e. The van der Waals surface area contributed by atoms with Gasteiger partial charge in [0.1, 0.15) is 0 Å². The third-order valence-corrected chi connectivity index (χ3v) is 7.81. The predicted molar refractivity (Wildman–Crippen MR) is 70.3 cm³/mol. The van der Waals surface area contributed by atoms with Gasteiger partial charge in [-0.2, -0.15) is 0 Å². The molecule has 0 spiro atoms. The van der Waals surface area contributed by atoms with E-state index in [9.17, 15) is 4.57 Å². The molecule has 0 aliphatic rings. The number of thioether (sulfide) groups is 1. The number of hydrogen-bond acceptors (Lipinski definition) is 3. The predicted octanol–water partition coefficient (Wildman–Crippen LogP) is 3.72. The van der Waals surface area contributed by atoms with Gasteiger partial charge in [-0.25, -0.2) is 0 Å². The van der Waals surface area contributed by atoms with Crippen LogP contribution in [0.4, 0.5) is 5.69 Å². The fourth-order valence-corrected chi connectivity index (χ4v) is 4.94. The Morgan fingerprint density at radius 2 is 1.73 bits per heavy atom. The van der Waals surface area contributed by atoms with Gasteiger partial charge >= 0.3 is 0 Å². The van der Waals surface area contributed by atoms with E-state index in [1.807, 2.05) is 38.1 Å². The van der Waals surface area contributed by atoms with Crippen molar-refractivity contribution >= 4 is 24.6 Å². The third kappa shape index (κ3) is 3.92. The summed E-state index contributed by atoms with van der Waals surface area (Å²) in [5.74, 6) is 0. The number of nitrogen functional groups attached to an aromatic ring is 1. The Labute approximate surface area is 96.0 Å². The molecule has 0 atom stereocenters. The number of rotatable bonds is 5. The topological polar surface area (TPSA) is 43.1 Å². The zero-order valence-electron chi connectivity index (χ0n) is 9.27. The Morgan fingerprint density at radius 3 is 2.20 bits per heavy atom. The number of benzene rings is 1. The number of hydrogen-bond donors (Lipinski definition) is 1. The Bertz CT molecular complexity index is 342. The van der Waals surface area contributed by atoms with Gasteiger partial charge in [0.2, 0.25) is 0 Å². The van der Waals surface area contributed by atoms with Crippen LogP contribution in [0.5, 0.6) is 0 Å². The van der Waals surface area contributed by atoms with Crippen LogP contribution in [0.2, 0.25) is 0 Å². The van der Waals surface area contributed by atoms with E-state index in [2.05, 4.69) is 0 Å². The van der Waals surface area contributed by atoms with Gasteiger partial charge in [-0.3, -0.25) is 0 Å². The molecule has 0 heterocycles. The van der Waals surface area contributed by atoms with Gasteiger partial charge in [-0.15, -0.1) is 11.8 Å². The maximum Gasteiger partial charge on any atom is 0.0969 e. The quantitative estimate of drug-likeness (QED) is 0.487. The highest BCUT2D eigenvalue weighted by molar-refractivity contribution is 8.05. The Morgan fingerprint density at radius 1 is 1.20 bits per heavy atom. The van der Waals surface area contributed by atoms with Crippen molar-refractivity contribution in [1.82, 2.24) is 0 Å². The summed E-state index contributed by atoms with van der Waals surface area (Å²) in [5.41, 5.74) is 7.11. The van der Waals surface area contributed by atoms with E-state index in [4.69, 9.17) is 5.73 Å². The van der Waals surface area contributed by atoms with Gasteiger partial charge < -0.3 is 10.3 Å². The molecule has 0 aromatic heterocycles. The molecule has 0 fully saturated rings. The van der Waals surface area contributed by atoms with Crippen LogP contribution in [-0.4, -0.2) is 17.8 Å². The molecule has 4 heteroatoms. The second-order valence-corrected chi connectivity index (χ2v) is 8.71. The summed E-state index contributed by atoms with van der Waals surface area (Å²) >= 11 is 1.67. The molecule has 84 valence electrons. The first-order valence-corrected chi connectivity index (χ1v) is 8.40. The van der Waals surface area contributed by atoms with E-state index >= 15 is 0 Å². The minimum absolute atomic E-state index is 0.740. The fraction of sp³-hybridized carbons (Fsp3) is 0.455. The SMILES string of the molecule is CCP(=O)(CC)CSc1ccc(N)cc1. The summed E-state index contributed by atoms with van der Waals surface area (Å²) in [7, 11) is -1.93. The van der Waals surface area contributed by atoms with Crippen molar-refractivity contribution in [3.8, 4) is 0 Å². The van der Waals surface area contributed by atoms with Gasteiger partial charge in [0.25, 0.3) is 0 Å². The molecule has 0 radical (unpaired) electrons. The standard InChI is InChI=1S/C11H18NOPS/c1-3-14(13,4-2)9-15-11-7-5-10(12)6-8-11/h5-8H,3-4,9,12H2,1-2H3. The summed E-state index contributed by atoms with van der Waals surface area (Å²) in [6.45, 7) is 4.02. The molecule has 0 bridgehead atoms. The van der Waals surface area contributed by atoms with Gasteiger partial charge in [0.05, 0.1) is 12.6 Å². The maximum absolute atomic E-state index is 12.1. The van der Waals surface area contributed by atoms with Crippen molar-refractivity contribution in [1.29, 1.82) is 0 Å². The molecule has 1 aromatic carbocycles. The van der Waals surface area contributed by atoms with E-state index in [0.29, 0.717) is 0 Å². The van der Waals surface area contributed by atoms with Crippen molar-refractivity contribution in [3.05, 3.63) is 24.3 Å². The Kier molecular flexibility index (Phi) is 4.75. The highest BCUT2D eigenvalue weighted by Crippen LogP contribution is 2.49. The van der Waals surface area contributed by atoms with Crippen LogP contribution in [0.1, 0.15) is 13.8 Å². The molecule has 0 unspecified atom stereocenters. The first-order chi connectivity index (χ1) is 7.09. The Balaban J connectivity index is 2.57. The lowest BCUT2D eigenvalue weighted by Gasteiger charge is -2.13. The van der Waals surface area contributed by atoms with Crippen molar-refractivity contribution in [2.75, 3.05) is 23.6 Å². The Hall–Kier alpha value is -0.400. The third-order valence-electron chi connectivity index (χ3n) is 2.50. The molecule has 2 N–H and O–H groups in total.